The van der Waals surface area contributed by atoms with Gasteiger partial charge in [-0.25, -0.2) is 0 Å². The molecule has 2 aromatic rings. The molecule has 0 aliphatic heterocycles. The Morgan fingerprint density at radius 1 is 1.25 bits per heavy atom. The molecule has 20 heavy (non-hydrogen) atoms. The monoisotopic (exact) mass is 309 g/mol. The van der Waals surface area contributed by atoms with Crippen LogP contribution in [0.25, 0.3) is 0 Å². The van der Waals surface area contributed by atoms with Crippen molar-refractivity contribution in [2.45, 2.75) is 13.3 Å². The Morgan fingerprint density at radius 3 is 2.70 bits per heavy atom. The smallest absolute Gasteiger partial charge is 0.228 e. The summed E-state index contributed by atoms with van der Waals surface area (Å²) in [6, 6.07) is 10.0. The standard InChI is InChI=1S/C15H13Cl2NO2/c1-9-5-6-12(16)15(14(9)17)18-13(20)8-10-3-2-4-11(19)7-10/h2-7,19H,8H2,1H3,(H,18,20). The molecular formula is C15H13Cl2NO2. The number of benzene rings is 2. The Hall–Kier alpha value is -1.71. The summed E-state index contributed by atoms with van der Waals surface area (Å²) >= 11 is 12.2. The molecule has 1 amide bonds. The van der Waals surface area contributed by atoms with Crippen LogP contribution in [-0.4, -0.2) is 11.0 Å². The zero-order chi connectivity index (χ0) is 14.7. The third-order valence-corrected chi connectivity index (χ3v) is 3.63. The molecule has 2 N–H and O–H groups in total. The lowest BCUT2D eigenvalue weighted by atomic mass is 10.1. The van der Waals surface area contributed by atoms with Crippen molar-refractivity contribution in [1.82, 2.24) is 0 Å². The van der Waals surface area contributed by atoms with Gasteiger partial charge >= 0.3 is 0 Å². The van der Waals surface area contributed by atoms with Gasteiger partial charge in [-0.2, -0.15) is 0 Å². The number of carbonyl (C=O) groups is 1. The van der Waals surface area contributed by atoms with Crippen molar-refractivity contribution in [1.29, 1.82) is 0 Å². The van der Waals surface area contributed by atoms with Crippen molar-refractivity contribution in [3.05, 3.63) is 57.6 Å². The molecule has 0 aliphatic rings. The summed E-state index contributed by atoms with van der Waals surface area (Å²) in [5, 5.41) is 12.9. The second-order valence-electron chi connectivity index (χ2n) is 4.45. The van der Waals surface area contributed by atoms with Gasteiger partial charge in [0.1, 0.15) is 5.75 Å². The normalized spacial score (nSPS) is 10.3. The van der Waals surface area contributed by atoms with Gasteiger partial charge in [-0.05, 0) is 36.2 Å². The Labute approximate surface area is 127 Å². The Bertz CT molecular complexity index is 656. The molecule has 3 nitrogen and oxygen atoms in total. The molecule has 0 spiro atoms. The van der Waals surface area contributed by atoms with Crippen LogP contribution in [0.5, 0.6) is 5.75 Å². The first-order chi connectivity index (χ1) is 9.47. The summed E-state index contributed by atoms with van der Waals surface area (Å²) in [5.41, 5.74) is 1.96. The van der Waals surface area contributed by atoms with Gasteiger partial charge in [-0.1, -0.05) is 41.4 Å². The molecule has 0 radical (unpaired) electrons. The summed E-state index contributed by atoms with van der Waals surface area (Å²) in [6.45, 7) is 1.84. The fraction of sp³-hybridized carbons (Fsp3) is 0.133. The van der Waals surface area contributed by atoms with Crippen LogP contribution in [0, 0.1) is 6.92 Å². The van der Waals surface area contributed by atoms with E-state index < -0.39 is 0 Å². The van der Waals surface area contributed by atoms with E-state index in [0.29, 0.717) is 21.3 Å². The lowest BCUT2D eigenvalue weighted by molar-refractivity contribution is -0.115. The quantitative estimate of drug-likeness (QED) is 0.893. The van der Waals surface area contributed by atoms with E-state index in [1.165, 1.54) is 0 Å². The molecule has 0 saturated heterocycles. The third kappa shape index (κ3) is 3.44. The maximum Gasteiger partial charge on any atom is 0.228 e. The predicted molar refractivity (Wildman–Crippen MR) is 81.6 cm³/mol. The van der Waals surface area contributed by atoms with E-state index in [0.717, 1.165) is 5.56 Å². The molecule has 2 rings (SSSR count). The van der Waals surface area contributed by atoms with Gasteiger partial charge in [0.05, 0.1) is 22.2 Å². The highest BCUT2D eigenvalue weighted by Gasteiger charge is 2.12. The fourth-order valence-electron chi connectivity index (χ4n) is 1.81. The van der Waals surface area contributed by atoms with Crippen molar-refractivity contribution >= 4 is 34.8 Å². The van der Waals surface area contributed by atoms with Crippen LogP contribution in [0.4, 0.5) is 5.69 Å². The second-order valence-corrected chi connectivity index (χ2v) is 5.23. The van der Waals surface area contributed by atoms with E-state index in [1.54, 1.807) is 36.4 Å². The van der Waals surface area contributed by atoms with E-state index in [-0.39, 0.29) is 18.1 Å². The molecule has 2 aromatic carbocycles. The number of nitrogens with one attached hydrogen (secondary N) is 1. The summed E-state index contributed by atoms with van der Waals surface area (Å²) < 4.78 is 0. The molecule has 0 aliphatic carbocycles. The molecule has 0 unspecified atom stereocenters. The minimum atomic E-state index is -0.245. The minimum Gasteiger partial charge on any atom is -0.508 e. The van der Waals surface area contributed by atoms with Gasteiger partial charge in [0, 0.05) is 0 Å². The molecule has 0 saturated carbocycles. The summed E-state index contributed by atoms with van der Waals surface area (Å²) in [6.07, 6.45) is 0.134. The minimum absolute atomic E-state index is 0.127. The van der Waals surface area contributed by atoms with Crippen molar-refractivity contribution < 1.29 is 9.90 Å². The molecule has 104 valence electrons. The van der Waals surface area contributed by atoms with E-state index in [4.69, 9.17) is 23.2 Å². The third-order valence-electron chi connectivity index (χ3n) is 2.82. The van der Waals surface area contributed by atoms with Gasteiger partial charge in [0.15, 0.2) is 0 Å². The number of aromatic hydroxyl groups is 1. The van der Waals surface area contributed by atoms with Gasteiger partial charge in [0.25, 0.3) is 0 Å². The van der Waals surface area contributed by atoms with Crippen LogP contribution in [-0.2, 0) is 11.2 Å². The lowest BCUT2D eigenvalue weighted by Crippen LogP contribution is -2.15. The number of carbonyl (C=O) groups excluding carboxylic acids is 1. The van der Waals surface area contributed by atoms with E-state index in [1.807, 2.05) is 6.92 Å². The Balaban J connectivity index is 2.15. The first kappa shape index (κ1) is 14.7. The average molecular weight is 310 g/mol. The molecule has 0 aromatic heterocycles. The van der Waals surface area contributed by atoms with Crippen molar-refractivity contribution in [2.24, 2.45) is 0 Å². The first-order valence-corrected chi connectivity index (χ1v) is 6.75. The van der Waals surface area contributed by atoms with Crippen LogP contribution >= 0.6 is 23.2 Å². The number of halogens is 2. The SMILES string of the molecule is Cc1ccc(Cl)c(NC(=O)Cc2cccc(O)c2)c1Cl. The Morgan fingerprint density at radius 2 is 2.00 bits per heavy atom. The lowest BCUT2D eigenvalue weighted by Gasteiger charge is -2.11. The number of anilines is 1. The Kier molecular flexibility index (Phi) is 4.53. The van der Waals surface area contributed by atoms with Gasteiger partial charge < -0.3 is 10.4 Å². The highest BCUT2D eigenvalue weighted by Crippen LogP contribution is 2.32. The fourth-order valence-corrected chi connectivity index (χ4v) is 2.27. The number of phenolic OH excluding ortho intramolecular Hbond substituents is 1. The van der Waals surface area contributed by atoms with Gasteiger partial charge in [-0.3, -0.25) is 4.79 Å². The molecular weight excluding hydrogens is 297 g/mol. The highest BCUT2D eigenvalue weighted by atomic mass is 35.5. The zero-order valence-electron chi connectivity index (χ0n) is 10.8. The van der Waals surface area contributed by atoms with Crippen LogP contribution in [0.2, 0.25) is 10.0 Å². The van der Waals surface area contributed by atoms with E-state index >= 15 is 0 Å². The number of hydrogen-bond acceptors (Lipinski definition) is 2. The van der Waals surface area contributed by atoms with Crippen LogP contribution in [0.3, 0.4) is 0 Å². The molecule has 0 fully saturated rings. The molecule has 0 bridgehead atoms. The van der Waals surface area contributed by atoms with Crippen LogP contribution in [0.1, 0.15) is 11.1 Å². The topological polar surface area (TPSA) is 49.3 Å². The number of amides is 1. The molecule has 5 heteroatoms. The molecule has 0 heterocycles. The summed E-state index contributed by atoms with van der Waals surface area (Å²) in [7, 11) is 0. The van der Waals surface area contributed by atoms with Gasteiger partial charge in [0.2, 0.25) is 5.91 Å². The van der Waals surface area contributed by atoms with Crippen LogP contribution < -0.4 is 5.32 Å². The number of aryl methyl sites for hydroxylation is 1. The zero-order valence-corrected chi connectivity index (χ0v) is 12.3. The first-order valence-electron chi connectivity index (χ1n) is 5.99. The molecule has 0 atom stereocenters. The summed E-state index contributed by atoms with van der Waals surface area (Å²) in [5.74, 6) is -0.119. The maximum absolute atomic E-state index is 12.0. The van der Waals surface area contributed by atoms with E-state index in [2.05, 4.69) is 5.32 Å². The summed E-state index contributed by atoms with van der Waals surface area (Å²) in [4.78, 5) is 12.0. The largest absolute Gasteiger partial charge is 0.508 e. The van der Waals surface area contributed by atoms with Crippen molar-refractivity contribution in [2.75, 3.05) is 5.32 Å². The van der Waals surface area contributed by atoms with Crippen molar-refractivity contribution in [3.8, 4) is 5.75 Å². The van der Waals surface area contributed by atoms with E-state index in [9.17, 15) is 9.90 Å². The van der Waals surface area contributed by atoms with Crippen molar-refractivity contribution in [3.63, 3.8) is 0 Å². The predicted octanol–water partition coefficient (Wildman–Crippen LogP) is 4.19. The van der Waals surface area contributed by atoms with Crippen LogP contribution in [0.15, 0.2) is 36.4 Å². The number of rotatable bonds is 3. The number of phenols is 1. The van der Waals surface area contributed by atoms with Gasteiger partial charge in [-0.15, -0.1) is 0 Å². The highest BCUT2D eigenvalue weighted by molar-refractivity contribution is 6.40. The second kappa shape index (κ2) is 6.16. The average Bonchev–Trinajstić information content (AvgIpc) is 2.39. The maximum atomic E-state index is 12.0. The number of hydrogen-bond donors (Lipinski definition) is 2.